The number of hydrogen-bond donors (Lipinski definition) is 2. The van der Waals surface area contributed by atoms with Gasteiger partial charge >= 0.3 is 0 Å². The molecule has 8 nitrogen and oxygen atoms in total. The van der Waals surface area contributed by atoms with Crippen LogP contribution < -0.4 is 10.2 Å². The molecule has 268 valence electrons. The number of unbranched alkanes of at least 4 members (excludes halogenated alkanes) is 18. The standard InChI is InChI=1S/C36H73N2O6P/c1-6-8-10-12-14-15-16-17-18-19-20-21-22-24-25-27-29-35(39)34(33-44-45(41,42)43-32-31-38(3,4)5)37-36(40)30-28-26-23-13-11-9-7-2/h21-22,34-35,39H,6-20,23-33H2,1-5H3,(H-,37,40,41,42)/b22-21+/t34-,35+/m1/s1. The molecule has 0 saturated heterocycles. The highest BCUT2D eigenvalue weighted by Crippen LogP contribution is 2.38. The second-order valence-electron chi connectivity index (χ2n) is 13.9. The number of rotatable bonds is 33. The predicted molar refractivity (Wildman–Crippen MR) is 187 cm³/mol. The summed E-state index contributed by atoms with van der Waals surface area (Å²) in [5.41, 5.74) is 0. The highest BCUT2D eigenvalue weighted by atomic mass is 31.2. The highest BCUT2D eigenvalue weighted by molar-refractivity contribution is 7.45. The van der Waals surface area contributed by atoms with Gasteiger partial charge in [0.05, 0.1) is 39.9 Å². The summed E-state index contributed by atoms with van der Waals surface area (Å²) in [6.45, 7) is 4.63. The third kappa shape index (κ3) is 31.6. The first-order chi connectivity index (χ1) is 21.5. The molecule has 1 unspecified atom stereocenters. The van der Waals surface area contributed by atoms with Crippen LogP contribution in [0.15, 0.2) is 12.2 Å². The molecule has 45 heavy (non-hydrogen) atoms. The minimum Gasteiger partial charge on any atom is -0.756 e. The number of aliphatic hydroxyl groups is 1. The van der Waals surface area contributed by atoms with Gasteiger partial charge in [0, 0.05) is 6.42 Å². The van der Waals surface area contributed by atoms with Gasteiger partial charge in [0.25, 0.3) is 7.82 Å². The molecule has 0 aromatic heterocycles. The Kier molecular flexibility index (Phi) is 28.9. The van der Waals surface area contributed by atoms with E-state index in [0.29, 0.717) is 23.9 Å². The van der Waals surface area contributed by atoms with Crippen LogP contribution in [0.4, 0.5) is 0 Å². The zero-order valence-corrected chi connectivity index (χ0v) is 31.0. The van der Waals surface area contributed by atoms with E-state index in [1.807, 2.05) is 21.1 Å². The number of amides is 1. The largest absolute Gasteiger partial charge is 0.756 e. The zero-order chi connectivity index (χ0) is 33.7. The molecule has 1 amide bonds. The van der Waals surface area contributed by atoms with Crippen molar-refractivity contribution in [3.8, 4) is 0 Å². The van der Waals surface area contributed by atoms with Crippen molar-refractivity contribution < 1.29 is 32.9 Å². The summed E-state index contributed by atoms with van der Waals surface area (Å²) < 4.78 is 23.0. The Morgan fingerprint density at radius 3 is 1.73 bits per heavy atom. The van der Waals surface area contributed by atoms with E-state index in [1.54, 1.807) is 0 Å². The van der Waals surface area contributed by atoms with E-state index in [0.717, 1.165) is 44.9 Å². The second-order valence-corrected chi connectivity index (χ2v) is 15.3. The molecule has 0 rings (SSSR count). The van der Waals surface area contributed by atoms with Crippen LogP contribution in [-0.4, -0.2) is 68.5 Å². The molecule has 0 saturated carbocycles. The fraction of sp³-hybridized carbons (Fsp3) is 0.917. The number of phosphoric acid groups is 1. The number of quaternary nitrogens is 1. The summed E-state index contributed by atoms with van der Waals surface area (Å²) in [4.78, 5) is 25.0. The Labute approximate surface area is 278 Å². The third-order valence-corrected chi connectivity index (χ3v) is 9.22. The first kappa shape index (κ1) is 44.2. The summed E-state index contributed by atoms with van der Waals surface area (Å²) in [7, 11) is 1.29. The fourth-order valence-electron chi connectivity index (χ4n) is 5.21. The van der Waals surface area contributed by atoms with Gasteiger partial charge in [-0.2, -0.15) is 0 Å². The highest BCUT2D eigenvalue weighted by Gasteiger charge is 2.24. The molecule has 3 atom stereocenters. The minimum absolute atomic E-state index is 0.00875. The molecule has 0 fully saturated rings. The van der Waals surface area contributed by atoms with Gasteiger partial charge in [-0.1, -0.05) is 129 Å². The van der Waals surface area contributed by atoms with Crippen LogP contribution >= 0.6 is 7.82 Å². The Morgan fingerprint density at radius 1 is 0.756 bits per heavy atom. The van der Waals surface area contributed by atoms with E-state index in [1.165, 1.54) is 89.9 Å². The van der Waals surface area contributed by atoms with Gasteiger partial charge in [0.15, 0.2) is 0 Å². The number of phosphoric ester groups is 1. The molecule has 0 radical (unpaired) electrons. The lowest BCUT2D eigenvalue weighted by molar-refractivity contribution is -0.870. The second kappa shape index (κ2) is 29.4. The summed E-state index contributed by atoms with van der Waals surface area (Å²) in [5.74, 6) is -0.183. The van der Waals surface area contributed by atoms with E-state index in [-0.39, 0.29) is 19.1 Å². The monoisotopic (exact) mass is 661 g/mol. The topological polar surface area (TPSA) is 108 Å². The maximum absolute atomic E-state index is 12.7. The van der Waals surface area contributed by atoms with E-state index >= 15 is 0 Å². The van der Waals surface area contributed by atoms with E-state index < -0.39 is 20.0 Å². The molecular formula is C36H73N2O6P. The quantitative estimate of drug-likeness (QED) is 0.0316. The van der Waals surface area contributed by atoms with Gasteiger partial charge in [0.1, 0.15) is 13.2 Å². The maximum Gasteiger partial charge on any atom is 0.268 e. The number of hydrogen-bond acceptors (Lipinski definition) is 6. The smallest absolute Gasteiger partial charge is 0.268 e. The van der Waals surface area contributed by atoms with Crippen molar-refractivity contribution in [2.45, 2.75) is 174 Å². The lowest BCUT2D eigenvalue weighted by atomic mass is 10.0. The molecule has 0 bridgehead atoms. The van der Waals surface area contributed by atoms with Crippen molar-refractivity contribution >= 4 is 13.7 Å². The molecule has 2 N–H and O–H groups in total. The Balaban J connectivity index is 4.44. The van der Waals surface area contributed by atoms with Gasteiger partial charge in [0.2, 0.25) is 5.91 Å². The third-order valence-electron chi connectivity index (χ3n) is 8.25. The number of aliphatic hydroxyl groups excluding tert-OH is 1. The molecule has 0 aromatic carbocycles. The van der Waals surface area contributed by atoms with E-state index in [2.05, 4.69) is 31.3 Å². The van der Waals surface area contributed by atoms with Crippen molar-refractivity contribution in [2.24, 2.45) is 0 Å². The van der Waals surface area contributed by atoms with Gasteiger partial charge in [-0.3, -0.25) is 9.36 Å². The van der Waals surface area contributed by atoms with Crippen LogP contribution in [-0.2, 0) is 18.4 Å². The van der Waals surface area contributed by atoms with Gasteiger partial charge in [-0.25, -0.2) is 0 Å². The average molecular weight is 661 g/mol. The summed E-state index contributed by atoms with van der Waals surface area (Å²) in [5, 5.41) is 13.7. The van der Waals surface area contributed by atoms with Crippen molar-refractivity contribution in [1.82, 2.24) is 5.32 Å². The van der Waals surface area contributed by atoms with Crippen molar-refractivity contribution in [3.63, 3.8) is 0 Å². The van der Waals surface area contributed by atoms with Crippen molar-refractivity contribution in [2.75, 3.05) is 40.9 Å². The summed E-state index contributed by atoms with van der Waals surface area (Å²) >= 11 is 0. The minimum atomic E-state index is -4.55. The SMILES string of the molecule is CCCCCCCCCCCC/C=C/CCCC[C@H](O)[C@@H](COP(=O)([O-])OCC[N+](C)(C)C)NC(=O)CCCCCCCCC. The van der Waals surface area contributed by atoms with Gasteiger partial charge < -0.3 is 28.8 Å². The Hall–Kier alpha value is -0.760. The number of nitrogens with zero attached hydrogens (tertiary/aromatic N) is 1. The zero-order valence-electron chi connectivity index (χ0n) is 30.1. The van der Waals surface area contributed by atoms with Crippen LogP contribution in [0.25, 0.3) is 0 Å². The van der Waals surface area contributed by atoms with Crippen LogP contribution in [0.5, 0.6) is 0 Å². The number of likely N-dealkylation sites (N-methyl/N-ethyl adjacent to an activating group) is 1. The number of carbonyl (C=O) groups excluding carboxylic acids is 1. The first-order valence-electron chi connectivity index (χ1n) is 18.5. The summed E-state index contributed by atoms with van der Waals surface area (Å²) in [6.07, 6.45) is 29.4. The Morgan fingerprint density at radius 2 is 1.22 bits per heavy atom. The average Bonchev–Trinajstić information content (AvgIpc) is 2.97. The van der Waals surface area contributed by atoms with Crippen molar-refractivity contribution in [1.29, 1.82) is 0 Å². The lowest BCUT2D eigenvalue weighted by Gasteiger charge is -2.30. The molecule has 9 heteroatoms. The van der Waals surface area contributed by atoms with Crippen LogP contribution in [0.2, 0.25) is 0 Å². The molecular weight excluding hydrogens is 587 g/mol. The number of allylic oxidation sites excluding steroid dienone is 2. The predicted octanol–water partition coefficient (Wildman–Crippen LogP) is 8.61. The molecule has 0 spiro atoms. The van der Waals surface area contributed by atoms with Crippen LogP contribution in [0, 0.1) is 0 Å². The number of nitrogens with one attached hydrogen (secondary N) is 1. The maximum atomic E-state index is 12.7. The van der Waals surface area contributed by atoms with Crippen molar-refractivity contribution in [3.05, 3.63) is 12.2 Å². The lowest BCUT2D eigenvalue weighted by Crippen LogP contribution is -2.46. The van der Waals surface area contributed by atoms with Crippen LogP contribution in [0.1, 0.15) is 162 Å². The van der Waals surface area contributed by atoms with Gasteiger partial charge in [-0.05, 0) is 38.5 Å². The Bertz CT molecular complexity index is 758. The number of carbonyl (C=O) groups is 1. The van der Waals surface area contributed by atoms with Gasteiger partial charge in [-0.15, -0.1) is 0 Å². The summed E-state index contributed by atoms with van der Waals surface area (Å²) in [6, 6.07) is -0.807. The molecule has 0 aliphatic heterocycles. The molecule has 0 aliphatic rings. The van der Waals surface area contributed by atoms with E-state index in [4.69, 9.17) is 9.05 Å². The van der Waals surface area contributed by atoms with Crippen LogP contribution in [0.3, 0.4) is 0 Å². The van der Waals surface area contributed by atoms with E-state index in [9.17, 15) is 19.4 Å². The normalized spacial score (nSPS) is 14.9. The first-order valence-corrected chi connectivity index (χ1v) is 20.0. The molecule has 0 aromatic rings. The fourth-order valence-corrected chi connectivity index (χ4v) is 5.93. The molecule has 0 heterocycles. The molecule has 0 aliphatic carbocycles.